The molecule has 0 amide bonds. The average Bonchev–Trinajstić information content (AvgIpc) is 2.49. The monoisotopic (exact) mass is 179 g/mol. The van der Waals surface area contributed by atoms with Gasteiger partial charge in [0.05, 0.1) is 6.61 Å². The second-order valence-corrected chi connectivity index (χ2v) is 3.80. The maximum absolute atomic E-state index is 8.90. The molecule has 0 fully saturated rings. The number of fused-ring (bicyclic) bond motifs is 1. The van der Waals surface area contributed by atoms with Crippen molar-refractivity contribution in [2.45, 2.75) is 6.61 Å². The molecule has 2 aromatic rings. The van der Waals surface area contributed by atoms with E-state index in [9.17, 15) is 0 Å². The lowest BCUT2D eigenvalue weighted by Crippen LogP contribution is -1.82. The zero-order valence-electron chi connectivity index (χ0n) is 6.45. The molecule has 1 aromatic carbocycles. The van der Waals surface area contributed by atoms with Crippen LogP contribution in [0.2, 0.25) is 0 Å². The number of hydrogen-bond donors (Lipinski definition) is 2. The lowest BCUT2D eigenvalue weighted by atomic mass is 10.2. The van der Waals surface area contributed by atoms with Crippen LogP contribution in [-0.2, 0) is 6.61 Å². The molecule has 0 aliphatic carbocycles. The van der Waals surface area contributed by atoms with Crippen LogP contribution in [0.5, 0.6) is 0 Å². The van der Waals surface area contributed by atoms with E-state index in [1.807, 2.05) is 24.3 Å². The number of nitrogens with two attached hydrogens (primary N) is 1. The van der Waals surface area contributed by atoms with Gasteiger partial charge in [0.25, 0.3) is 0 Å². The summed E-state index contributed by atoms with van der Waals surface area (Å²) in [7, 11) is 0. The average molecular weight is 179 g/mol. The quantitative estimate of drug-likeness (QED) is 0.657. The molecule has 1 aromatic heterocycles. The predicted octanol–water partition coefficient (Wildman–Crippen LogP) is 1.98. The highest BCUT2D eigenvalue weighted by atomic mass is 32.1. The number of aliphatic hydroxyl groups is 1. The summed E-state index contributed by atoms with van der Waals surface area (Å²) in [6.07, 6.45) is 0. The molecular weight excluding hydrogens is 170 g/mol. The number of thiophene rings is 1. The molecule has 2 rings (SSSR count). The van der Waals surface area contributed by atoms with Gasteiger partial charge in [0.15, 0.2) is 0 Å². The van der Waals surface area contributed by atoms with Crippen LogP contribution in [0.4, 0.5) is 5.69 Å². The van der Waals surface area contributed by atoms with Gasteiger partial charge in [-0.05, 0) is 18.2 Å². The highest BCUT2D eigenvalue weighted by molar-refractivity contribution is 7.19. The molecular formula is C9H9NOS. The number of hydrogen-bond acceptors (Lipinski definition) is 3. The number of rotatable bonds is 1. The van der Waals surface area contributed by atoms with Gasteiger partial charge < -0.3 is 10.8 Å². The molecule has 0 aliphatic heterocycles. The molecule has 0 radical (unpaired) electrons. The Bertz CT molecular complexity index is 408. The van der Waals surface area contributed by atoms with Crippen LogP contribution in [0, 0.1) is 0 Å². The van der Waals surface area contributed by atoms with Crippen molar-refractivity contribution in [3.05, 3.63) is 29.1 Å². The minimum atomic E-state index is 0.0960. The number of nitrogen functional groups attached to an aromatic ring is 1. The van der Waals surface area contributed by atoms with E-state index in [0.717, 1.165) is 20.7 Å². The smallest absolute Gasteiger partial charge is 0.0774 e. The Morgan fingerprint density at radius 1 is 1.42 bits per heavy atom. The Balaban J connectivity index is 2.74. The number of anilines is 1. The summed E-state index contributed by atoms with van der Waals surface area (Å²) in [4.78, 5) is 0.961. The molecule has 0 saturated carbocycles. The van der Waals surface area contributed by atoms with E-state index >= 15 is 0 Å². The SMILES string of the molecule is Nc1cccc2sc(CO)cc12. The molecule has 0 bridgehead atoms. The maximum atomic E-state index is 8.90. The van der Waals surface area contributed by atoms with E-state index in [2.05, 4.69) is 0 Å². The van der Waals surface area contributed by atoms with Crippen LogP contribution in [0.25, 0.3) is 10.1 Å². The van der Waals surface area contributed by atoms with Crippen molar-refractivity contribution in [1.82, 2.24) is 0 Å². The first kappa shape index (κ1) is 7.58. The van der Waals surface area contributed by atoms with Crippen molar-refractivity contribution < 1.29 is 5.11 Å². The van der Waals surface area contributed by atoms with E-state index in [-0.39, 0.29) is 6.61 Å². The highest BCUT2D eigenvalue weighted by Crippen LogP contribution is 2.29. The first-order valence-corrected chi connectivity index (χ1v) is 4.50. The van der Waals surface area contributed by atoms with Crippen LogP contribution < -0.4 is 5.73 Å². The molecule has 2 nitrogen and oxygen atoms in total. The highest BCUT2D eigenvalue weighted by Gasteiger charge is 2.02. The molecule has 0 saturated heterocycles. The number of aliphatic hydroxyl groups excluding tert-OH is 1. The molecule has 0 unspecified atom stereocenters. The summed E-state index contributed by atoms with van der Waals surface area (Å²) >= 11 is 1.58. The third-order valence-electron chi connectivity index (χ3n) is 1.80. The summed E-state index contributed by atoms with van der Waals surface area (Å²) in [6.45, 7) is 0.0960. The first-order valence-electron chi connectivity index (χ1n) is 3.69. The Morgan fingerprint density at radius 3 is 2.92 bits per heavy atom. The summed E-state index contributed by atoms with van der Waals surface area (Å²) in [5, 5.41) is 9.95. The third kappa shape index (κ3) is 1.07. The van der Waals surface area contributed by atoms with E-state index in [0.29, 0.717) is 0 Å². The zero-order valence-corrected chi connectivity index (χ0v) is 7.27. The van der Waals surface area contributed by atoms with E-state index in [1.165, 1.54) is 0 Å². The minimum absolute atomic E-state index is 0.0960. The Morgan fingerprint density at radius 2 is 2.25 bits per heavy atom. The van der Waals surface area contributed by atoms with Crippen molar-refractivity contribution in [3.8, 4) is 0 Å². The van der Waals surface area contributed by atoms with Crippen LogP contribution in [0.15, 0.2) is 24.3 Å². The number of benzene rings is 1. The fourth-order valence-electron chi connectivity index (χ4n) is 1.21. The Hall–Kier alpha value is -1.06. The van der Waals surface area contributed by atoms with Gasteiger partial charge in [-0.15, -0.1) is 11.3 Å². The van der Waals surface area contributed by atoms with Crippen molar-refractivity contribution >= 4 is 27.1 Å². The van der Waals surface area contributed by atoms with E-state index in [1.54, 1.807) is 11.3 Å². The third-order valence-corrected chi connectivity index (χ3v) is 2.89. The van der Waals surface area contributed by atoms with Gasteiger partial charge >= 0.3 is 0 Å². The molecule has 3 N–H and O–H groups in total. The molecule has 3 heteroatoms. The van der Waals surface area contributed by atoms with Crippen molar-refractivity contribution in [1.29, 1.82) is 0 Å². The second-order valence-electron chi connectivity index (χ2n) is 2.63. The summed E-state index contributed by atoms with van der Waals surface area (Å²) in [5.41, 5.74) is 6.53. The van der Waals surface area contributed by atoms with Gasteiger partial charge in [-0.1, -0.05) is 6.07 Å². The fourth-order valence-corrected chi connectivity index (χ4v) is 2.17. The van der Waals surface area contributed by atoms with Crippen LogP contribution in [-0.4, -0.2) is 5.11 Å². The summed E-state index contributed by atoms with van der Waals surface area (Å²) in [5.74, 6) is 0. The molecule has 0 aliphatic rings. The topological polar surface area (TPSA) is 46.2 Å². The first-order chi connectivity index (χ1) is 5.81. The van der Waals surface area contributed by atoms with Gasteiger partial charge in [0.1, 0.15) is 0 Å². The molecule has 62 valence electrons. The summed E-state index contributed by atoms with van der Waals surface area (Å²) in [6, 6.07) is 7.75. The normalized spacial score (nSPS) is 10.8. The van der Waals surface area contributed by atoms with Crippen molar-refractivity contribution in [2.24, 2.45) is 0 Å². The Labute approximate surface area is 74.3 Å². The largest absolute Gasteiger partial charge is 0.398 e. The molecule has 1 heterocycles. The molecule has 0 atom stereocenters. The molecule has 0 spiro atoms. The van der Waals surface area contributed by atoms with Crippen LogP contribution in [0.1, 0.15) is 4.88 Å². The Kier molecular flexibility index (Phi) is 1.75. The minimum Gasteiger partial charge on any atom is -0.398 e. The standard InChI is InChI=1S/C9H9NOS/c10-8-2-1-3-9-7(8)4-6(5-11)12-9/h1-4,11H,5,10H2. The molecule has 12 heavy (non-hydrogen) atoms. The zero-order chi connectivity index (χ0) is 8.55. The van der Waals surface area contributed by atoms with E-state index in [4.69, 9.17) is 10.8 Å². The maximum Gasteiger partial charge on any atom is 0.0774 e. The van der Waals surface area contributed by atoms with Gasteiger partial charge in [-0.25, -0.2) is 0 Å². The lowest BCUT2D eigenvalue weighted by Gasteiger charge is -1.92. The predicted molar refractivity (Wildman–Crippen MR) is 52.2 cm³/mol. The lowest BCUT2D eigenvalue weighted by molar-refractivity contribution is 0.285. The van der Waals surface area contributed by atoms with Gasteiger partial charge in [0, 0.05) is 20.7 Å². The van der Waals surface area contributed by atoms with Gasteiger partial charge in [-0.3, -0.25) is 0 Å². The van der Waals surface area contributed by atoms with Crippen molar-refractivity contribution in [3.63, 3.8) is 0 Å². The van der Waals surface area contributed by atoms with Crippen LogP contribution in [0.3, 0.4) is 0 Å². The fraction of sp³-hybridized carbons (Fsp3) is 0.111. The van der Waals surface area contributed by atoms with Gasteiger partial charge in [-0.2, -0.15) is 0 Å². The van der Waals surface area contributed by atoms with Gasteiger partial charge in [0.2, 0.25) is 0 Å². The second kappa shape index (κ2) is 2.77. The van der Waals surface area contributed by atoms with Crippen LogP contribution >= 0.6 is 11.3 Å². The van der Waals surface area contributed by atoms with Crippen molar-refractivity contribution in [2.75, 3.05) is 5.73 Å². The van der Waals surface area contributed by atoms with E-state index < -0.39 is 0 Å². The summed E-state index contributed by atoms with van der Waals surface area (Å²) < 4.78 is 1.14.